The first-order valence-corrected chi connectivity index (χ1v) is 12.5. The second kappa shape index (κ2) is 14.3. The Morgan fingerprint density at radius 1 is 0.919 bits per heavy atom. The molecule has 3 aromatic carbocycles. The Morgan fingerprint density at radius 2 is 1.54 bits per heavy atom. The number of rotatable bonds is 13. The van der Waals surface area contributed by atoms with Gasteiger partial charge in [0.2, 0.25) is 0 Å². The zero-order chi connectivity index (χ0) is 26.6. The number of para-hydroxylation sites is 1. The molecule has 0 radical (unpaired) electrons. The smallest absolute Gasteiger partial charge is 0.330 e. The molecule has 1 unspecified atom stereocenters. The molecule has 0 fully saturated rings. The minimum atomic E-state index is -0.723. The average Bonchev–Trinajstić information content (AvgIpc) is 2.92. The van der Waals surface area contributed by atoms with Crippen LogP contribution in [0, 0.1) is 0 Å². The zero-order valence-electron chi connectivity index (χ0n) is 21.8. The van der Waals surface area contributed by atoms with Crippen molar-refractivity contribution in [3.8, 4) is 5.75 Å². The van der Waals surface area contributed by atoms with Crippen LogP contribution in [-0.2, 0) is 16.0 Å². The minimum Gasteiger partial charge on any atom is -0.491 e. The Kier molecular flexibility index (Phi) is 10.9. The fourth-order valence-corrected chi connectivity index (χ4v) is 4.16. The van der Waals surface area contributed by atoms with Crippen molar-refractivity contribution >= 4 is 11.5 Å². The van der Waals surface area contributed by atoms with Crippen LogP contribution in [-0.4, -0.2) is 60.0 Å². The van der Waals surface area contributed by atoms with E-state index in [0.717, 1.165) is 28.7 Å². The first kappa shape index (κ1) is 28.1. The lowest BCUT2D eigenvalue weighted by molar-refractivity contribution is -0.134. The molecule has 6 heteroatoms. The van der Waals surface area contributed by atoms with Crippen LogP contribution in [0.25, 0.3) is 5.57 Å². The number of allylic oxidation sites excluding steroid dienone is 1. The van der Waals surface area contributed by atoms with Gasteiger partial charge in [-0.05, 0) is 54.7 Å². The van der Waals surface area contributed by atoms with E-state index in [1.165, 1.54) is 13.2 Å². The van der Waals surface area contributed by atoms with Crippen molar-refractivity contribution in [1.29, 1.82) is 0 Å². The first-order valence-electron chi connectivity index (χ1n) is 12.5. The molecule has 0 heterocycles. The summed E-state index contributed by atoms with van der Waals surface area (Å²) in [7, 11) is 1.36. The molecule has 3 rings (SSSR count). The highest BCUT2D eigenvalue weighted by Crippen LogP contribution is 2.20. The van der Waals surface area contributed by atoms with Crippen LogP contribution in [0.2, 0.25) is 0 Å². The van der Waals surface area contributed by atoms with E-state index in [4.69, 9.17) is 9.47 Å². The molecule has 3 aromatic rings. The third-order valence-electron chi connectivity index (χ3n) is 6.32. The van der Waals surface area contributed by atoms with Crippen molar-refractivity contribution in [2.75, 3.05) is 26.8 Å². The van der Waals surface area contributed by atoms with Crippen LogP contribution in [0.5, 0.6) is 5.75 Å². The van der Waals surface area contributed by atoms with E-state index in [1.54, 1.807) is 0 Å². The zero-order valence-corrected chi connectivity index (χ0v) is 21.8. The lowest BCUT2D eigenvalue weighted by Gasteiger charge is -2.33. The highest BCUT2D eigenvalue weighted by molar-refractivity contribution is 5.90. The number of carbonyl (C=O) groups is 1. The molecule has 37 heavy (non-hydrogen) atoms. The predicted molar refractivity (Wildman–Crippen MR) is 146 cm³/mol. The Labute approximate surface area is 219 Å². The van der Waals surface area contributed by atoms with Crippen molar-refractivity contribution in [2.24, 2.45) is 0 Å². The van der Waals surface area contributed by atoms with E-state index in [1.807, 2.05) is 91.9 Å². The molecular weight excluding hydrogens is 466 g/mol. The van der Waals surface area contributed by atoms with Gasteiger partial charge in [-0.3, -0.25) is 4.90 Å². The number of hydrogen-bond acceptors (Lipinski definition) is 6. The summed E-state index contributed by atoms with van der Waals surface area (Å²) in [6.07, 6.45) is 0.801. The van der Waals surface area contributed by atoms with Gasteiger partial charge in [0.15, 0.2) is 0 Å². The summed E-state index contributed by atoms with van der Waals surface area (Å²) in [4.78, 5) is 13.6. The van der Waals surface area contributed by atoms with Crippen LogP contribution in [0.15, 0.2) is 91.0 Å². The van der Waals surface area contributed by atoms with Gasteiger partial charge in [-0.2, -0.15) is 0 Å². The van der Waals surface area contributed by atoms with Gasteiger partial charge in [0.1, 0.15) is 18.5 Å². The molecule has 0 saturated heterocycles. The quantitative estimate of drug-likeness (QED) is 0.261. The molecule has 0 saturated carbocycles. The van der Waals surface area contributed by atoms with Gasteiger partial charge in [0.05, 0.1) is 13.2 Å². The second-order valence-electron chi connectivity index (χ2n) is 9.26. The van der Waals surface area contributed by atoms with Gasteiger partial charge >= 0.3 is 5.97 Å². The largest absolute Gasteiger partial charge is 0.491 e. The van der Waals surface area contributed by atoms with Crippen LogP contribution < -0.4 is 4.74 Å². The maximum atomic E-state index is 11.5. The average molecular weight is 504 g/mol. The Hall–Kier alpha value is -3.45. The minimum absolute atomic E-state index is 0.0438. The SMILES string of the molecule is COC(=O)C=C(C)c1ccc(C[C@@H](C)N(CC(O)COc2ccccc2)C[C@H](O)c2ccccc2)cc1. The number of aliphatic hydroxyl groups excluding tert-OH is 2. The number of hydrogen-bond donors (Lipinski definition) is 2. The number of esters is 1. The highest BCUT2D eigenvalue weighted by Gasteiger charge is 2.22. The maximum absolute atomic E-state index is 11.5. The van der Waals surface area contributed by atoms with E-state index in [2.05, 4.69) is 11.8 Å². The maximum Gasteiger partial charge on any atom is 0.330 e. The number of carbonyl (C=O) groups excluding carboxylic acids is 1. The van der Waals surface area contributed by atoms with Gasteiger partial charge in [-0.25, -0.2) is 4.79 Å². The van der Waals surface area contributed by atoms with Crippen LogP contribution >= 0.6 is 0 Å². The molecule has 0 aliphatic heterocycles. The molecule has 0 spiro atoms. The summed E-state index contributed by atoms with van der Waals surface area (Å²) in [5, 5.41) is 21.7. The van der Waals surface area contributed by atoms with E-state index in [9.17, 15) is 15.0 Å². The lowest BCUT2D eigenvalue weighted by Crippen LogP contribution is -2.44. The highest BCUT2D eigenvalue weighted by atomic mass is 16.5. The fraction of sp³-hybridized carbons (Fsp3) is 0.323. The molecule has 0 aromatic heterocycles. The first-order chi connectivity index (χ1) is 17.9. The Bertz CT molecular complexity index is 1120. The summed E-state index contributed by atoms with van der Waals surface area (Å²) in [5.74, 6) is 0.333. The van der Waals surface area contributed by atoms with Gasteiger partial charge in [0.25, 0.3) is 0 Å². The van der Waals surface area contributed by atoms with Gasteiger partial charge < -0.3 is 19.7 Å². The van der Waals surface area contributed by atoms with Crippen LogP contribution in [0.3, 0.4) is 0 Å². The van der Waals surface area contributed by atoms with Crippen LogP contribution in [0.1, 0.15) is 36.6 Å². The molecule has 196 valence electrons. The standard InChI is InChI=1S/C31H37NO5/c1-23(18-31(35)36-3)26-16-14-25(15-17-26)19-24(2)32(21-30(34)27-10-6-4-7-11-27)20-28(33)22-37-29-12-8-5-9-13-29/h4-18,24,28,30,33-34H,19-22H2,1-3H3/t24-,28?,30+/m1/s1. The summed E-state index contributed by atoms with van der Waals surface area (Å²) in [6.45, 7) is 4.87. The second-order valence-corrected chi connectivity index (χ2v) is 9.26. The van der Waals surface area contributed by atoms with Crippen LogP contribution in [0.4, 0.5) is 0 Å². The summed E-state index contributed by atoms with van der Waals surface area (Å²) in [6, 6.07) is 27.1. The summed E-state index contributed by atoms with van der Waals surface area (Å²) in [5.41, 5.74) is 3.75. The van der Waals surface area contributed by atoms with Crippen molar-refractivity contribution in [2.45, 2.75) is 38.5 Å². The molecular formula is C31H37NO5. The van der Waals surface area contributed by atoms with Crippen molar-refractivity contribution in [1.82, 2.24) is 4.90 Å². The number of nitrogens with zero attached hydrogens (tertiary/aromatic N) is 1. The van der Waals surface area contributed by atoms with Crippen molar-refractivity contribution in [3.63, 3.8) is 0 Å². The number of methoxy groups -OCH3 is 1. The Morgan fingerprint density at radius 3 is 2.16 bits per heavy atom. The van der Waals surface area contributed by atoms with Gasteiger partial charge in [-0.15, -0.1) is 0 Å². The molecule has 0 bridgehead atoms. The van der Waals surface area contributed by atoms with E-state index < -0.39 is 12.2 Å². The summed E-state index contributed by atoms with van der Waals surface area (Å²) < 4.78 is 10.5. The van der Waals surface area contributed by atoms with E-state index in [-0.39, 0.29) is 18.6 Å². The lowest BCUT2D eigenvalue weighted by atomic mass is 10.00. The number of ether oxygens (including phenoxy) is 2. The third kappa shape index (κ3) is 9.17. The fourth-order valence-electron chi connectivity index (χ4n) is 4.16. The predicted octanol–water partition coefficient (Wildman–Crippen LogP) is 4.67. The number of aliphatic hydroxyl groups is 2. The topological polar surface area (TPSA) is 79.2 Å². The number of benzene rings is 3. The molecule has 2 N–H and O–H groups in total. The van der Waals surface area contributed by atoms with E-state index >= 15 is 0 Å². The van der Waals surface area contributed by atoms with Crippen molar-refractivity contribution in [3.05, 3.63) is 108 Å². The third-order valence-corrected chi connectivity index (χ3v) is 6.32. The normalized spacial score (nSPS) is 14.2. The molecule has 6 nitrogen and oxygen atoms in total. The molecule has 3 atom stereocenters. The molecule has 0 aliphatic carbocycles. The van der Waals surface area contributed by atoms with E-state index in [0.29, 0.717) is 18.8 Å². The molecule has 0 aliphatic rings. The van der Waals surface area contributed by atoms with Gasteiger partial charge in [-0.1, -0.05) is 72.8 Å². The summed E-state index contributed by atoms with van der Waals surface area (Å²) >= 11 is 0. The molecule has 0 amide bonds. The Balaban J connectivity index is 1.68. The van der Waals surface area contributed by atoms with Crippen molar-refractivity contribution < 1.29 is 24.5 Å². The van der Waals surface area contributed by atoms with Gasteiger partial charge in [0, 0.05) is 25.2 Å². The monoisotopic (exact) mass is 503 g/mol.